The summed E-state index contributed by atoms with van der Waals surface area (Å²) in [4.78, 5) is 0. The van der Waals surface area contributed by atoms with Crippen LogP contribution in [0.3, 0.4) is 0 Å². The maximum atomic E-state index is 12.8. The molecule has 0 bridgehead atoms. The van der Waals surface area contributed by atoms with Gasteiger partial charge in [0, 0.05) is 10.5 Å². The molecule has 1 unspecified atom stereocenters. The van der Waals surface area contributed by atoms with E-state index in [-0.39, 0.29) is 11.9 Å². The standard InChI is InChI=1S/C16H17BrFNO/c1-11(19)8-13-9-15(6-7-16(13)17)20-10-12-2-4-14(18)5-3-12/h2-7,9,11H,8,10,19H2,1H3. The van der Waals surface area contributed by atoms with Crippen LogP contribution in [0.2, 0.25) is 0 Å². The summed E-state index contributed by atoms with van der Waals surface area (Å²) in [6.45, 7) is 2.39. The van der Waals surface area contributed by atoms with E-state index in [2.05, 4.69) is 15.9 Å². The lowest BCUT2D eigenvalue weighted by Crippen LogP contribution is -2.18. The molecule has 0 aromatic heterocycles. The van der Waals surface area contributed by atoms with E-state index in [1.807, 2.05) is 25.1 Å². The fourth-order valence-electron chi connectivity index (χ4n) is 1.89. The van der Waals surface area contributed by atoms with Gasteiger partial charge >= 0.3 is 0 Å². The second kappa shape index (κ2) is 6.86. The molecule has 0 saturated carbocycles. The lowest BCUT2D eigenvalue weighted by molar-refractivity contribution is 0.305. The normalized spacial score (nSPS) is 12.2. The van der Waals surface area contributed by atoms with E-state index in [0.717, 1.165) is 27.8 Å². The summed E-state index contributed by atoms with van der Waals surface area (Å²) < 4.78 is 19.6. The first-order valence-corrected chi connectivity index (χ1v) is 7.25. The molecule has 2 aromatic carbocycles. The van der Waals surface area contributed by atoms with Crippen LogP contribution in [-0.2, 0) is 13.0 Å². The van der Waals surface area contributed by atoms with Gasteiger partial charge in [-0.2, -0.15) is 0 Å². The van der Waals surface area contributed by atoms with Gasteiger partial charge in [0.1, 0.15) is 18.2 Å². The van der Waals surface area contributed by atoms with Gasteiger partial charge in [-0.25, -0.2) is 4.39 Å². The van der Waals surface area contributed by atoms with E-state index in [1.165, 1.54) is 12.1 Å². The van der Waals surface area contributed by atoms with Gasteiger partial charge in [0.15, 0.2) is 0 Å². The molecule has 106 valence electrons. The summed E-state index contributed by atoms with van der Waals surface area (Å²) in [5, 5.41) is 0. The number of halogens is 2. The highest BCUT2D eigenvalue weighted by molar-refractivity contribution is 9.10. The predicted molar refractivity (Wildman–Crippen MR) is 82.2 cm³/mol. The third-order valence-corrected chi connectivity index (χ3v) is 3.65. The Morgan fingerprint density at radius 2 is 1.90 bits per heavy atom. The maximum Gasteiger partial charge on any atom is 0.123 e. The summed E-state index contributed by atoms with van der Waals surface area (Å²) in [5.74, 6) is 0.546. The third kappa shape index (κ3) is 4.32. The highest BCUT2D eigenvalue weighted by atomic mass is 79.9. The van der Waals surface area contributed by atoms with Crippen LogP contribution < -0.4 is 10.5 Å². The molecule has 0 aliphatic carbocycles. The van der Waals surface area contributed by atoms with Crippen molar-refractivity contribution >= 4 is 15.9 Å². The summed E-state index contributed by atoms with van der Waals surface area (Å²) in [6, 6.07) is 12.2. The molecule has 1 atom stereocenters. The van der Waals surface area contributed by atoms with Crippen molar-refractivity contribution in [3.63, 3.8) is 0 Å². The van der Waals surface area contributed by atoms with E-state index >= 15 is 0 Å². The van der Waals surface area contributed by atoms with Crippen molar-refractivity contribution in [3.8, 4) is 5.75 Å². The zero-order valence-corrected chi connectivity index (χ0v) is 12.9. The average Bonchev–Trinajstić information content (AvgIpc) is 2.41. The van der Waals surface area contributed by atoms with Crippen LogP contribution in [0.5, 0.6) is 5.75 Å². The molecular weight excluding hydrogens is 321 g/mol. The second-order valence-electron chi connectivity index (χ2n) is 4.85. The fourth-order valence-corrected chi connectivity index (χ4v) is 2.30. The van der Waals surface area contributed by atoms with E-state index in [1.54, 1.807) is 12.1 Å². The van der Waals surface area contributed by atoms with E-state index < -0.39 is 0 Å². The lowest BCUT2D eigenvalue weighted by Gasteiger charge is -2.11. The number of rotatable bonds is 5. The van der Waals surface area contributed by atoms with Crippen molar-refractivity contribution in [1.82, 2.24) is 0 Å². The molecule has 0 heterocycles. The topological polar surface area (TPSA) is 35.2 Å². The molecule has 2 nitrogen and oxygen atoms in total. The summed E-state index contributed by atoms with van der Waals surface area (Å²) in [5.41, 5.74) is 7.88. The number of benzene rings is 2. The van der Waals surface area contributed by atoms with Gasteiger partial charge in [-0.15, -0.1) is 0 Å². The van der Waals surface area contributed by atoms with Crippen LogP contribution in [0.1, 0.15) is 18.1 Å². The van der Waals surface area contributed by atoms with Crippen molar-refractivity contribution in [2.45, 2.75) is 26.0 Å². The van der Waals surface area contributed by atoms with Crippen LogP contribution >= 0.6 is 15.9 Å². The lowest BCUT2D eigenvalue weighted by atomic mass is 10.1. The number of hydrogen-bond acceptors (Lipinski definition) is 2. The first kappa shape index (κ1) is 15.0. The van der Waals surface area contributed by atoms with E-state index in [4.69, 9.17) is 10.5 Å². The Kier molecular flexibility index (Phi) is 5.15. The van der Waals surface area contributed by atoms with Crippen LogP contribution in [0, 0.1) is 5.82 Å². The first-order valence-electron chi connectivity index (χ1n) is 6.46. The molecule has 0 spiro atoms. The molecule has 2 N–H and O–H groups in total. The monoisotopic (exact) mass is 337 g/mol. The van der Waals surface area contributed by atoms with Crippen LogP contribution in [0.25, 0.3) is 0 Å². The molecule has 0 saturated heterocycles. The SMILES string of the molecule is CC(N)Cc1cc(OCc2ccc(F)cc2)ccc1Br. The molecule has 0 aliphatic heterocycles. The van der Waals surface area contributed by atoms with Crippen LogP contribution in [0.15, 0.2) is 46.9 Å². The Balaban J connectivity index is 2.04. The molecule has 4 heteroatoms. The largest absolute Gasteiger partial charge is 0.489 e. The van der Waals surface area contributed by atoms with Crippen molar-refractivity contribution in [2.75, 3.05) is 0 Å². The number of hydrogen-bond donors (Lipinski definition) is 1. The van der Waals surface area contributed by atoms with Crippen molar-refractivity contribution in [1.29, 1.82) is 0 Å². The minimum atomic E-state index is -0.239. The quantitative estimate of drug-likeness (QED) is 0.892. The van der Waals surface area contributed by atoms with Gasteiger partial charge in [0.05, 0.1) is 0 Å². The van der Waals surface area contributed by atoms with Gasteiger partial charge in [0.25, 0.3) is 0 Å². The highest BCUT2D eigenvalue weighted by Gasteiger charge is 2.05. The zero-order valence-electron chi connectivity index (χ0n) is 11.3. The van der Waals surface area contributed by atoms with Gasteiger partial charge < -0.3 is 10.5 Å². The molecular formula is C16H17BrFNO. The van der Waals surface area contributed by atoms with Crippen molar-refractivity contribution < 1.29 is 9.13 Å². The number of ether oxygens (including phenoxy) is 1. The summed E-state index contributed by atoms with van der Waals surface area (Å²) in [7, 11) is 0. The van der Waals surface area contributed by atoms with Gasteiger partial charge in [-0.1, -0.05) is 28.1 Å². The van der Waals surface area contributed by atoms with Crippen molar-refractivity contribution in [3.05, 3.63) is 63.9 Å². The Bertz CT molecular complexity index is 569. The highest BCUT2D eigenvalue weighted by Crippen LogP contribution is 2.24. The molecule has 20 heavy (non-hydrogen) atoms. The molecule has 0 aliphatic rings. The Morgan fingerprint density at radius 1 is 1.20 bits per heavy atom. The van der Waals surface area contributed by atoms with E-state index in [9.17, 15) is 4.39 Å². The Labute approximate surface area is 126 Å². The molecule has 0 amide bonds. The molecule has 0 fully saturated rings. The van der Waals surface area contributed by atoms with Crippen LogP contribution in [-0.4, -0.2) is 6.04 Å². The molecule has 2 rings (SSSR count). The molecule has 2 aromatic rings. The Morgan fingerprint density at radius 3 is 2.55 bits per heavy atom. The van der Waals surface area contributed by atoms with Gasteiger partial charge in [-0.3, -0.25) is 0 Å². The Hall–Kier alpha value is -1.39. The fraction of sp³-hybridized carbons (Fsp3) is 0.250. The maximum absolute atomic E-state index is 12.8. The minimum Gasteiger partial charge on any atom is -0.489 e. The van der Waals surface area contributed by atoms with Gasteiger partial charge in [-0.05, 0) is 54.8 Å². The summed E-state index contributed by atoms with van der Waals surface area (Å²) in [6.07, 6.45) is 0.786. The predicted octanol–water partition coefficient (Wildman–Crippen LogP) is 4.06. The number of nitrogens with two attached hydrogens (primary N) is 1. The van der Waals surface area contributed by atoms with Gasteiger partial charge in [0.2, 0.25) is 0 Å². The zero-order chi connectivity index (χ0) is 14.5. The second-order valence-corrected chi connectivity index (χ2v) is 5.70. The van der Waals surface area contributed by atoms with Crippen LogP contribution in [0.4, 0.5) is 4.39 Å². The van der Waals surface area contributed by atoms with Crippen molar-refractivity contribution in [2.24, 2.45) is 5.73 Å². The molecule has 0 radical (unpaired) electrons. The minimum absolute atomic E-state index is 0.0960. The average molecular weight is 338 g/mol. The third-order valence-electron chi connectivity index (χ3n) is 2.88. The smallest absolute Gasteiger partial charge is 0.123 e. The first-order chi connectivity index (χ1) is 9.54. The summed E-state index contributed by atoms with van der Waals surface area (Å²) >= 11 is 3.51. The van der Waals surface area contributed by atoms with E-state index in [0.29, 0.717) is 6.61 Å².